The minimum atomic E-state index is -0.595. The predicted octanol–water partition coefficient (Wildman–Crippen LogP) is 5.28. The zero-order valence-electron chi connectivity index (χ0n) is 15.9. The molecule has 0 unspecified atom stereocenters. The van der Waals surface area contributed by atoms with Gasteiger partial charge in [0.15, 0.2) is 5.78 Å². The smallest absolute Gasteiger partial charge is 0.373 e. The number of nitrogens with zero attached hydrogens (tertiary/aromatic N) is 3. The van der Waals surface area contributed by atoms with Crippen molar-refractivity contribution in [2.24, 2.45) is 0 Å². The molecule has 0 amide bonds. The molecule has 3 aromatic carbocycles. The van der Waals surface area contributed by atoms with Crippen LogP contribution in [0.25, 0.3) is 10.8 Å². The highest BCUT2D eigenvalue weighted by molar-refractivity contribution is 5.94. The molecule has 0 fully saturated rings. The molecule has 30 heavy (non-hydrogen) atoms. The van der Waals surface area contributed by atoms with E-state index in [0.29, 0.717) is 17.0 Å². The Morgan fingerprint density at radius 2 is 1.73 bits per heavy atom. The van der Waals surface area contributed by atoms with Crippen molar-refractivity contribution in [3.8, 4) is 11.6 Å². The zero-order valence-corrected chi connectivity index (χ0v) is 15.9. The molecule has 0 aliphatic heterocycles. The Morgan fingerprint density at radius 3 is 2.43 bits per heavy atom. The molecule has 8 heteroatoms. The maximum absolute atomic E-state index is 11.7. The lowest BCUT2D eigenvalue weighted by Crippen LogP contribution is -2.03. The molecule has 0 spiro atoms. The van der Waals surface area contributed by atoms with Gasteiger partial charge in [0.05, 0.1) is 4.92 Å². The predicted molar refractivity (Wildman–Crippen MR) is 112 cm³/mol. The summed E-state index contributed by atoms with van der Waals surface area (Å²) in [7, 11) is 0. The molecule has 0 atom stereocenters. The van der Waals surface area contributed by atoms with E-state index >= 15 is 0 Å². The lowest BCUT2D eigenvalue weighted by atomic mass is 10.1. The monoisotopic (exact) mass is 400 g/mol. The normalized spacial score (nSPS) is 10.6. The van der Waals surface area contributed by atoms with Gasteiger partial charge >= 0.3 is 11.6 Å². The van der Waals surface area contributed by atoms with Crippen LogP contribution in [-0.4, -0.2) is 20.7 Å². The van der Waals surface area contributed by atoms with E-state index in [2.05, 4.69) is 15.3 Å². The van der Waals surface area contributed by atoms with Gasteiger partial charge in [0.1, 0.15) is 12.1 Å². The number of carbonyl (C=O) groups excluding carboxylic acids is 1. The first kappa shape index (κ1) is 19.0. The van der Waals surface area contributed by atoms with Gasteiger partial charge < -0.3 is 10.1 Å². The van der Waals surface area contributed by atoms with E-state index in [9.17, 15) is 14.9 Å². The maximum atomic E-state index is 11.7. The Balaban J connectivity index is 1.66. The first-order valence-corrected chi connectivity index (χ1v) is 9.05. The quantitative estimate of drug-likeness (QED) is 0.267. The van der Waals surface area contributed by atoms with Crippen molar-refractivity contribution in [2.75, 3.05) is 5.32 Å². The molecule has 1 heterocycles. The molecule has 0 aliphatic rings. The highest BCUT2D eigenvalue weighted by atomic mass is 16.6. The summed E-state index contributed by atoms with van der Waals surface area (Å²) >= 11 is 0. The van der Waals surface area contributed by atoms with Crippen molar-refractivity contribution in [1.29, 1.82) is 0 Å². The molecule has 0 radical (unpaired) electrons. The number of nitro groups is 1. The van der Waals surface area contributed by atoms with Crippen molar-refractivity contribution in [2.45, 2.75) is 6.92 Å². The summed E-state index contributed by atoms with van der Waals surface area (Å²) in [5.41, 5.74) is 0.692. The molecule has 4 aromatic rings. The van der Waals surface area contributed by atoms with Crippen LogP contribution in [0.15, 0.2) is 73.1 Å². The number of Topliss-reactive ketones (excluding diaryl/α,β-unsaturated/α-hetero) is 1. The Hall–Kier alpha value is -4.33. The van der Waals surface area contributed by atoms with Crippen LogP contribution < -0.4 is 10.1 Å². The highest BCUT2D eigenvalue weighted by Crippen LogP contribution is 2.36. The number of ether oxygens (including phenoxy) is 1. The van der Waals surface area contributed by atoms with E-state index in [0.717, 1.165) is 10.8 Å². The van der Waals surface area contributed by atoms with Gasteiger partial charge in [0, 0.05) is 11.3 Å². The van der Waals surface area contributed by atoms with Crippen LogP contribution in [0.3, 0.4) is 0 Å². The highest BCUT2D eigenvalue weighted by Gasteiger charge is 2.25. The van der Waals surface area contributed by atoms with Gasteiger partial charge in [-0.2, -0.15) is 4.98 Å². The van der Waals surface area contributed by atoms with Gasteiger partial charge in [-0.25, -0.2) is 4.98 Å². The minimum Gasteiger partial charge on any atom is -0.434 e. The number of anilines is 2. The van der Waals surface area contributed by atoms with Gasteiger partial charge in [0.2, 0.25) is 5.82 Å². The average Bonchev–Trinajstić information content (AvgIpc) is 2.74. The average molecular weight is 400 g/mol. The van der Waals surface area contributed by atoms with Crippen molar-refractivity contribution >= 4 is 33.7 Å². The number of fused-ring (bicyclic) bond motifs is 1. The number of carbonyl (C=O) groups is 1. The molecule has 0 saturated carbocycles. The molecular weight excluding hydrogens is 384 g/mol. The number of nitrogens with one attached hydrogen (secondary N) is 1. The minimum absolute atomic E-state index is 0.0126. The van der Waals surface area contributed by atoms with Crippen LogP contribution in [0.5, 0.6) is 11.6 Å². The fraction of sp³-hybridized carbons (Fsp3) is 0.0455. The molecule has 1 aromatic heterocycles. The zero-order chi connectivity index (χ0) is 21.1. The third kappa shape index (κ3) is 3.93. The molecule has 1 N–H and O–H groups in total. The maximum Gasteiger partial charge on any atom is 0.373 e. The van der Waals surface area contributed by atoms with Crippen LogP contribution in [0.4, 0.5) is 17.2 Å². The Bertz CT molecular complexity index is 1260. The third-order valence-corrected chi connectivity index (χ3v) is 4.46. The van der Waals surface area contributed by atoms with E-state index < -0.39 is 4.92 Å². The van der Waals surface area contributed by atoms with Gasteiger partial charge in [0.25, 0.3) is 0 Å². The summed E-state index contributed by atoms with van der Waals surface area (Å²) in [5, 5.41) is 16.6. The SMILES string of the molecule is CC(=O)c1ccc(Nc2ncnc(Oc3ccc4ccccc4c3)c2[N+](=O)[O-])cc1. The number of aromatic nitrogens is 2. The number of ketones is 1. The molecule has 0 aliphatic carbocycles. The van der Waals surface area contributed by atoms with Crippen molar-refractivity contribution < 1.29 is 14.5 Å². The standard InChI is InChI=1S/C22H16N4O4/c1-14(27)15-6-9-18(10-7-15)25-21-20(26(28)29)22(24-13-23-21)30-19-11-8-16-4-2-3-5-17(16)12-19/h2-13H,1H3,(H,23,24,25). The van der Waals surface area contributed by atoms with E-state index in [1.165, 1.54) is 13.3 Å². The van der Waals surface area contributed by atoms with Gasteiger partial charge in [-0.1, -0.05) is 30.3 Å². The molecule has 0 bridgehead atoms. The molecule has 4 rings (SSSR count). The Kier molecular flexibility index (Phi) is 5.04. The van der Waals surface area contributed by atoms with E-state index in [1.807, 2.05) is 30.3 Å². The number of rotatable bonds is 6. The second kappa shape index (κ2) is 7.96. The molecule has 0 saturated heterocycles. The van der Waals surface area contributed by atoms with Gasteiger partial charge in [-0.3, -0.25) is 14.9 Å². The van der Waals surface area contributed by atoms with Crippen molar-refractivity contribution in [3.05, 3.63) is 88.7 Å². The number of benzene rings is 3. The van der Waals surface area contributed by atoms with Crippen LogP contribution in [0.1, 0.15) is 17.3 Å². The Morgan fingerprint density at radius 1 is 1.00 bits per heavy atom. The summed E-state index contributed by atoms with van der Waals surface area (Å²) in [4.78, 5) is 30.5. The lowest BCUT2D eigenvalue weighted by molar-refractivity contribution is -0.385. The second-order valence-corrected chi connectivity index (χ2v) is 6.50. The van der Waals surface area contributed by atoms with Crippen LogP contribution in [0.2, 0.25) is 0 Å². The first-order valence-electron chi connectivity index (χ1n) is 9.05. The molecule has 8 nitrogen and oxygen atoms in total. The van der Waals surface area contributed by atoms with E-state index in [1.54, 1.807) is 36.4 Å². The summed E-state index contributed by atoms with van der Waals surface area (Å²) in [6.45, 7) is 1.47. The topological polar surface area (TPSA) is 107 Å². The largest absolute Gasteiger partial charge is 0.434 e. The third-order valence-electron chi connectivity index (χ3n) is 4.46. The van der Waals surface area contributed by atoms with Crippen LogP contribution in [-0.2, 0) is 0 Å². The summed E-state index contributed by atoms with van der Waals surface area (Å²) in [5.74, 6) is 0.169. The summed E-state index contributed by atoms with van der Waals surface area (Å²) in [6, 6.07) is 19.6. The van der Waals surface area contributed by atoms with E-state index in [-0.39, 0.29) is 23.2 Å². The fourth-order valence-electron chi connectivity index (χ4n) is 2.96. The van der Waals surface area contributed by atoms with Crippen molar-refractivity contribution in [1.82, 2.24) is 9.97 Å². The second-order valence-electron chi connectivity index (χ2n) is 6.50. The number of hydrogen-bond acceptors (Lipinski definition) is 7. The Labute approximate surface area is 171 Å². The lowest BCUT2D eigenvalue weighted by Gasteiger charge is -2.10. The number of hydrogen-bond donors (Lipinski definition) is 1. The summed E-state index contributed by atoms with van der Waals surface area (Å²) < 4.78 is 5.73. The van der Waals surface area contributed by atoms with Crippen LogP contribution >= 0.6 is 0 Å². The van der Waals surface area contributed by atoms with Crippen molar-refractivity contribution in [3.63, 3.8) is 0 Å². The fourth-order valence-corrected chi connectivity index (χ4v) is 2.96. The van der Waals surface area contributed by atoms with Gasteiger partial charge in [-0.15, -0.1) is 0 Å². The molecule has 148 valence electrons. The van der Waals surface area contributed by atoms with Gasteiger partial charge in [-0.05, 0) is 54.1 Å². The first-order chi connectivity index (χ1) is 14.5. The summed E-state index contributed by atoms with van der Waals surface area (Å²) in [6.07, 6.45) is 1.19. The molecular formula is C22H16N4O4. The van der Waals surface area contributed by atoms with E-state index in [4.69, 9.17) is 4.74 Å². The van der Waals surface area contributed by atoms with Crippen LogP contribution in [0, 0.1) is 10.1 Å².